The molecule has 4 aromatic rings. The lowest BCUT2D eigenvalue weighted by Gasteiger charge is -2.16. The zero-order chi connectivity index (χ0) is 20.9. The normalized spacial score (nSPS) is 10.7. The Labute approximate surface area is 179 Å². The Morgan fingerprint density at radius 3 is 2.53 bits per heavy atom. The summed E-state index contributed by atoms with van der Waals surface area (Å²) >= 11 is 6.32. The molecule has 6 nitrogen and oxygen atoms in total. The third-order valence-corrected chi connectivity index (χ3v) is 5.08. The van der Waals surface area contributed by atoms with Gasteiger partial charge < -0.3 is 4.90 Å². The van der Waals surface area contributed by atoms with Crippen LogP contribution in [0.15, 0.2) is 79.4 Å². The molecule has 2 aromatic heterocycles. The lowest BCUT2D eigenvalue weighted by Crippen LogP contribution is -2.27. The van der Waals surface area contributed by atoms with E-state index in [9.17, 15) is 4.79 Å². The molecule has 7 heteroatoms. The third-order valence-electron chi connectivity index (χ3n) is 4.71. The van der Waals surface area contributed by atoms with Gasteiger partial charge in [0.15, 0.2) is 0 Å². The summed E-state index contributed by atoms with van der Waals surface area (Å²) in [6.07, 6.45) is 6.49. The van der Waals surface area contributed by atoms with Crippen molar-refractivity contribution < 1.29 is 4.79 Å². The molecule has 4 rings (SSSR count). The second-order valence-electron chi connectivity index (χ2n) is 6.91. The first-order chi connectivity index (χ1) is 14.6. The number of carbonyl (C=O) groups is 1. The van der Waals surface area contributed by atoms with Crippen molar-refractivity contribution in [1.29, 1.82) is 0 Å². The number of nitrogens with zero attached hydrogens (tertiary/aromatic N) is 5. The highest BCUT2D eigenvalue weighted by atomic mass is 35.5. The average molecular weight is 418 g/mol. The number of hydrogen-bond donors (Lipinski definition) is 0. The number of hydrogen-bond acceptors (Lipinski definition) is 4. The first-order valence-corrected chi connectivity index (χ1v) is 9.86. The molecule has 2 heterocycles. The second-order valence-corrected chi connectivity index (χ2v) is 7.32. The number of amides is 1. The summed E-state index contributed by atoms with van der Waals surface area (Å²) in [7, 11) is 1.75. The Balaban J connectivity index is 1.64. The van der Waals surface area contributed by atoms with E-state index in [1.54, 1.807) is 18.1 Å². The summed E-state index contributed by atoms with van der Waals surface area (Å²) in [5.41, 5.74) is 4.06. The summed E-state index contributed by atoms with van der Waals surface area (Å²) < 4.78 is 1.86. The van der Waals surface area contributed by atoms with E-state index >= 15 is 0 Å². The van der Waals surface area contributed by atoms with Crippen molar-refractivity contribution in [1.82, 2.24) is 24.6 Å². The average Bonchev–Trinajstić information content (AvgIpc) is 3.18. The maximum absolute atomic E-state index is 12.7. The molecule has 1 amide bonds. The largest absolute Gasteiger partial charge is 0.336 e. The van der Waals surface area contributed by atoms with Crippen molar-refractivity contribution in [2.75, 3.05) is 7.05 Å². The molecule has 0 bridgehead atoms. The van der Waals surface area contributed by atoms with Gasteiger partial charge in [-0.05, 0) is 11.6 Å². The fourth-order valence-electron chi connectivity index (χ4n) is 3.23. The van der Waals surface area contributed by atoms with E-state index in [2.05, 4.69) is 9.97 Å². The van der Waals surface area contributed by atoms with Crippen LogP contribution >= 0.6 is 11.6 Å². The van der Waals surface area contributed by atoms with Gasteiger partial charge in [0.05, 0.1) is 18.4 Å². The Morgan fingerprint density at radius 2 is 1.80 bits per heavy atom. The lowest BCUT2D eigenvalue weighted by molar-refractivity contribution is 0.0779. The summed E-state index contributed by atoms with van der Waals surface area (Å²) in [4.78, 5) is 22.4. The quantitative estimate of drug-likeness (QED) is 0.469. The first kappa shape index (κ1) is 19.8. The van der Waals surface area contributed by atoms with Crippen molar-refractivity contribution in [2.45, 2.75) is 13.1 Å². The minimum atomic E-state index is -0.194. The van der Waals surface area contributed by atoms with Crippen LogP contribution in [0.3, 0.4) is 0 Å². The second kappa shape index (κ2) is 8.88. The minimum Gasteiger partial charge on any atom is -0.336 e. The highest BCUT2D eigenvalue weighted by Crippen LogP contribution is 2.25. The number of aromatic nitrogens is 4. The van der Waals surface area contributed by atoms with Gasteiger partial charge in [-0.1, -0.05) is 60.1 Å². The Kier molecular flexibility index (Phi) is 5.86. The molecule has 0 fully saturated rings. The Morgan fingerprint density at radius 1 is 1.03 bits per heavy atom. The van der Waals surface area contributed by atoms with Gasteiger partial charge in [0.2, 0.25) is 0 Å². The van der Waals surface area contributed by atoms with E-state index in [0.29, 0.717) is 23.8 Å². The predicted molar refractivity (Wildman–Crippen MR) is 116 cm³/mol. The molecule has 0 aliphatic rings. The molecule has 30 heavy (non-hydrogen) atoms. The molecule has 0 atom stereocenters. The lowest BCUT2D eigenvalue weighted by atomic mass is 10.1. The molecule has 0 aliphatic heterocycles. The number of halogens is 1. The van der Waals surface area contributed by atoms with Crippen molar-refractivity contribution in [3.05, 3.63) is 101 Å². The van der Waals surface area contributed by atoms with Gasteiger partial charge >= 0.3 is 0 Å². The van der Waals surface area contributed by atoms with E-state index in [4.69, 9.17) is 16.7 Å². The molecule has 0 unspecified atom stereocenters. The molecular weight excluding hydrogens is 398 g/mol. The summed E-state index contributed by atoms with van der Waals surface area (Å²) in [5.74, 6) is -0.194. The van der Waals surface area contributed by atoms with Gasteiger partial charge in [0.25, 0.3) is 5.91 Å². The smallest absolute Gasteiger partial charge is 0.274 e. The van der Waals surface area contributed by atoms with Gasteiger partial charge in [-0.2, -0.15) is 5.10 Å². The standard InChI is InChI=1S/C23H20ClN5O/c1-28(23(30)21-13-25-11-12-26-21)14-19-16-29(15-18-9-5-6-10-20(18)24)27-22(19)17-7-3-2-4-8-17/h2-13,16H,14-15H2,1H3. The highest BCUT2D eigenvalue weighted by molar-refractivity contribution is 6.31. The molecule has 0 aliphatic carbocycles. The fourth-order valence-corrected chi connectivity index (χ4v) is 3.43. The molecule has 0 radical (unpaired) electrons. The number of carbonyl (C=O) groups excluding carboxylic acids is 1. The third kappa shape index (κ3) is 4.39. The zero-order valence-electron chi connectivity index (χ0n) is 16.4. The molecule has 0 saturated carbocycles. The van der Waals surface area contributed by atoms with E-state index in [1.165, 1.54) is 12.4 Å². The molecule has 0 saturated heterocycles. The van der Waals surface area contributed by atoms with Crippen LogP contribution in [0.2, 0.25) is 5.02 Å². The van der Waals surface area contributed by atoms with Crippen molar-refractivity contribution >= 4 is 17.5 Å². The van der Waals surface area contributed by atoms with Crippen LogP contribution in [0, 0.1) is 0 Å². The fraction of sp³-hybridized carbons (Fsp3) is 0.130. The molecule has 0 N–H and O–H groups in total. The van der Waals surface area contributed by atoms with E-state index in [0.717, 1.165) is 22.4 Å². The summed E-state index contributed by atoms with van der Waals surface area (Å²) in [6.45, 7) is 0.934. The SMILES string of the molecule is CN(Cc1cn(Cc2ccccc2Cl)nc1-c1ccccc1)C(=O)c1cnccn1. The van der Waals surface area contributed by atoms with Crippen molar-refractivity contribution in [2.24, 2.45) is 0 Å². The van der Waals surface area contributed by atoms with Crippen LogP contribution in [-0.2, 0) is 13.1 Å². The molecule has 150 valence electrons. The summed E-state index contributed by atoms with van der Waals surface area (Å²) in [6, 6.07) is 17.6. The van der Waals surface area contributed by atoms with Crippen LogP contribution in [0.4, 0.5) is 0 Å². The molecule has 0 spiro atoms. The Bertz CT molecular complexity index is 1140. The van der Waals surface area contributed by atoms with Crippen molar-refractivity contribution in [3.63, 3.8) is 0 Å². The van der Waals surface area contributed by atoms with Gasteiger partial charge in [0.1, 0.15) is 5.69 Å². The topological polar surface area (TPSA) is 63.9 Å². The first-order valence-electron chi connectivity index (χ1n) is 9.48. The van der Waals surface area contributed by atoms with Crippen LogP contribution in [0.25, 0.3) is 11.3 Å². The molecular formula is C23H20ClN5O. The molecule has 2 aromatic carbocycles. The van der Waals surface area contributed by atoms with Crippen LogP contribution in [0.1, 0.15) is 21.6 Å². The van der Waals surface area contributed by atoms with Crippen LogP contribution < -0.4 is 0 Å². The van der Waals surface area contributed by atoms with Crippen LogP contribution in [0.5, 0.6) is 0 Å². The van der Waals surface area contributed by atoms with Gasteiger partial charge in [-0.3, -0.25) is 14.5 Å². The number of benzene rings is 2. The monoisotopic (exact) mass is 417 g/mol. The maximum atomic E-state index is 12.7. The van der Waals surface area contributed by atoms with E-state index in [-0.39, 0.29) is 5.91 Å². The van der Waals surface area contributed by atoms with Gasteiger partial charge in [0, 0.05) is 48.3 Å². The maximum Gasteiger partial charge on any atom is 0.274 e. The van der Waals surface area contributed by atoms with E-state index in [1.807, 2.05) is 65.5 Å². The van der Waals surface area contributed by atoms with Crippen LogP contribution in [-0.4, -0.2) is 37.6 Å². The zero-order valence-corrected chi connectivity index (χ0v) is 17.2. The van der Waals surface area contributed by atoms with Gasteiger partial charge in [-0.15, -0.1) is 0 Å². The number of rotatable bonds is 6. The highest BCUT2D eigenvalue weighted by Gasteiger charge is 2.18. The minimum absolute atomic E-state index is 0.194. The summed E-state index contributed by atoms with van der Waals surface area (Å²) in [5, 5.41) is 5.49. The predicted octanol–water partition coefficient (Wildman–Crippen LogP) is 4.31. The van der Waals surface area contributed by atoms with E-state index < -0.39 is 0 Å². The van der Waals surface area contributed by atoms with Gasteiger partial charge in [-0.25, -0.2) is 4.98 Å². The Hall–Kier alpha value is -3.51. The van der Waals surface area contributed by atoms with Crippen molar-refractivity contribution in [3.8, 4) is 11.3 Å².